The Morgan fingerprint density at radius 1 is 1.26 bits per heavy atom. The van der Waals surface area contributed by atoms with Gasteiger partial charge in [0.25, 0.3) is 0 Å². The van der Waals surface area contributed by atoms with E-state index in [9.17, 15) is 8.42 Å². The number of ether oxygens (including phenoxy) is 1. The molecule has 0 atom stereocenters. The van der Waals surface area contributed by atoms with E-state index in [0.717, 1.165) is 11.8 Å². The SMILES string of the molecule is CS(=O)(=O)c1cccnc1Oc1cccc(CN)c1. The van der Waals surface area contributed by atoms with E-state index in [0.29, 0.717) is 12.3 Å². The van der Waals surface area contributed by atoms with Gasteiger partial charge in [0.1, 0.15) is 10.6 Å². The van der Waals surface area contributed by atoms with E-state index in [-0.39, 0.29) is 10.8 Å². The van der Waals surface area contributed by atoms with Crippen molar-refractivity contribution in [2.24, 2.45) is 5.73 Å². The lowest BCUT2D eigenvalue weighted by Gasteiger charge is -2.09. The van der Waals surface area contributed by atoms with Gasteiger partial charge in [-0.3, -0.25) is 0 Å². The van der Waals surface area contributed by atoms with Gasteiger partial charge in [-0.05, 0) is 29.8 Å². The molecule has 1 aromatic carbocycles. The highest BCUT2D eigenvalue weighted by molar-refractivity contribution is 7.90. The van der Waals surface area contributed by atoms with Gasteiger partial charge in [0.2, 0.25) is 5.88 Å². The number of nitrogens with zero attached hydrogens (tertiary/aromatic N) is 1. The molecule has 1 aromatic heterocycles. The second-order valence-electron chi connectivity index (χ2n) is 4.03. The second-order valence-corrected chi connectivity index (χ2v) is 6.02. The summed E-state index contributed by atoms with van der Waals surface area (Å²) in [5, 5.41) is 0. The van der Waals surface area contributed by atoms with Crippen LogP contribution in [-0.2, 0) is 16.4 Å². The third-order valence-electron chi connectivity index (χ3n) is 2.48. The first kappa shape index (κ1) is 13.5. The van der Waals surface area contributed by atoms with E-state index in [1.165, 1.54) is 12.3 Å². The molecule has 0 amide bonds. The molecule has 2 N–H and O–H groups in total. The molecule has 2 rings (SSSR count). The van der Waals surface area contributed by atoms with Gasteiger partial charge < -0.3 is 10.5 Å². The molecule has 0 aliphatic carbocycles. The largest absolute Gasteiger partial charge is 0.438 e. The summed E-state index contributed by atoms with van der Waals surface area (Å²) in [6, 6.07) is 10.1. The average Bonchev–Trinajstić information content (AvgIpc) is 2.38. The summed E-state index contributed by atoms with van der Waals surface area (Å²) in [7, 11) is -3.38. The zero-order valence-corrected chi connectivity index (χ0v) is 11.2. The molecule has 0 saturated carbocycles. The molecule has 0 bridgehead atoms. The lowest BCUT2D eigenvalue weighted by Crippen LogP contribution is -2.02. The van der Waals surface area contributed by atoms with E-state index >= 15 is 0 Å². The Labute approximate surface area is 112 Å². The van der Waals surface area contributed by atoms with Crippen molar-refractivity contribution < 1.29 is 13.2 Å². The molecule has 0 saturated heterocycles. The molecule has 100 valence electrons. The minimum atomic E-state index is -3.38. The Morgan fingerprint density at radius 2 is 2.05 bits per heavy atom. The highest BCUT2D eigenvalue weighted by Gasteiger charge is 2.15. The maximum absolute atomic E-state index is 11.6. The summed E-state index contributed by atoms with van der Waals surface area (Å²) in [6.45, 7) is 0.387. The predicted octanol–water partition coefficient (Wildman–Crippen LogP) is 1.74. The number of pyridine rings is 1. The van der Waals surface area contributed by atoms with Crippen molar-refractivity contribution in [3.63, 3.8) is 0 Å². The third kappa shape index (κ3) is 3.30. The molecule has 1 heterocycles. The van der Waals surface area contributed by atoms with Crippen molar-refractivity contribution in [2.75, 3.05) is 6.26 Å². The normalized spacial score (nSPS) is 11.3. The summed E-state index contributed by atoms with van der Waals surface area (Å²) in [5.74, 6) is 0.575. The molecule has 0 aliphatic heterocycles. The molecule has 6 heteroatoms. The van der Waals surface area contributed by atoms with Crippen LogP contribution in [-0.4, -0.2) is 19.7 Å². The Balaban J connectivity index is 2.38. The van der Waals surface area contributed by atoms with Gasteiger partial charge in [-0.1, -0.05) is 12.1 Å². The lowest BCUT2D eigenvalue weighted by atomic mass is 10.2. The fraction of sp³-hybridized carbons (Fsp3) is 0.154. The van der Waals surface area contributed by atoms with Crippen LogP contribution in [0.1, 0.15) is 5.56 Å². The second kappa shape index (κ2) is 5.38. The number of rotatable bonds is 4. The quantitative estimate of drug-likeness (QED) is 0.921. The summed E-state index contributed by atoms with van der Waals surface area (Å²) in [6.07, 6.45) is 2.60. The van der Waals surface area contributed by atoms with Crippen molar-refractivity contribution >= 4 is 9.84 Å². The van der Waals surface area contributed by atoms with Crippen molar-refractivity contribution in [1.29, 1.82) is 0 Å². The molecular formula is C13H14N2O3S. The van der Waals surface area contributed by atoms with Crippen LogP contribution < -0.4 is 10.5 Å². The Bertz CT molecular complexity index is 684. The van der Waals surface area contributed by atoms with Gasteiger partial charge >= 0.3 is 0 Å². The number of sulfone groups is 1. The monoisotopic (exact) mass is 278 g/mol. The number of nitrogens with two attached hydrogens (primary N) is 1. The zero-order valence-electron chi connectivity index (χ0n) is 10.4. The van der Waals surface area contributed by atoms with Crippen molar-refractivity contribution in [3.05, 3.63) is 48.2 Å². The standard InChI is InChI=1S/C13H14N2O3S/c1-19(16,17)12-6-3-7-15-13(12)18-11-5-2-4-10(8-11)9-14/h2-8H,9,14H2,1H3. The zero-order chi connectivity index (χ0) is 13.9. The van der Waals surface area contributed by atoms with Gasteiger partial charge in [0.05, 0.1) is 0 Å². The number of benzene rings is 1. The lowest BCUT2D eigenvalue weighted by molar-refractivity contribution is 0.447. The molecule has 0 aliphatic rings. The van der Waals surface area contributed by atoms with Gasteiger partial charge in [-0.15, -0.1) is 0 Å². The fourth-order valence-corrected chi connectivity index (χ4v) is 2.32. The maximum atomic E-state index is 11.6. The van der Waals surface area contributed by atoms with Gasteiger partial charge in [0.15, 0.2) is 9.84 Å². The van der Waals surface area contributed by atoms with Crippen LogP contribution >= 0.6 is 0 Å². The molecule has 0 fully saturated rings. The van der Waals surface area contributed by atoms with Crippen LogP contribution in [0, 0.1) is 0 Å². The summed E-state index contributed by atoms with van der Waals surface area (Å²) >= 11 is 0. The molecule has 0 unspecified atom stereocenters. The first-order valence-corrected chi connectivity index (χ1v) is 7.52. The Morgan fingerprint density at radius 3 is 2.74 bits per heavy atom. The molecule has 19 heavy (non-hydrogen) atoms. The molecule has 5 nitrogen and oxygen atoms in total. The highest BCUT2D eigenvalue weighted by atomic mass is 32.2. The molecule has 0 spiro atoms. The van der Waals surface area contributed by atoms with Crippen LogP contribution in [0.3, 0.4) is 0 Å². The summed E-state index contributed by atoms with van der Waals surface area (Å²) in [5.41, 5.74) is 6.44. The molecular weight excluding hydrogens is 264 g/mol. The minimum Gasteiger partial charge on any atom is -0.438 e. The van der Waals surface area contributed by atoms with Crippen LogP contribution in [0.5, 0.6) is 11.6 Å². The first-order chi connectivity index (χ1) is 9.00. The van der Waals surface area contributed by atoms with Crippen molar-refractivity contribution in [1.82, 2.24) is 4.98 Å². The van der Waals surface area contributed by atoms with Crippen LogP contribution in [0.15, 0.2) is 47.5 Å². The maximum Gasteiger partial charge on any atom is 0.238 e. The summed E-state index contributed by atoms with van der Waals surface area (Å²) in [4.78, 5) is 4.03. The average molecular weight is 278 g/mol. The van der Waals surface area contributed by atoms with Crippen LogP contribution in [0.25, 0.3) is 0 Å². The topological polar surface area (TPSA) is 82.3 Å². The number of aromatic nitrogens is 1. The summed E-state index contributed by atoms with van der Waals surface area (Å²) < 4.78 is 28.8. The number of hydrogen-bond donors (Lipinski definition) is 1. The molecule has 2 aromatic rings. The smallest absolute Gasteiger partial charge is 0.238 e. The fourth-order valence-electron chi connectivity index (χ4n) is 1.58. The first-order valence-electron chi connectivity index (χ1n) is 5.62. The van der Waals surface area contributed by atoms with E-state index in [1.54, 1.807) is 24.3 Å². The third-order valence-corrected chi connectivity index (χ3v) is 3.59. The number of hydrogen-bond acceptors (Lipinski definition) is 5. The Kier molecular flexibility index (Phi) is 3.82. The van der Waals surface area contributed by atoms with Crippen LogP contribution in [0.4, 0.5) is 0 Å². The van der Waals surface area contributed by atoms with Crippen molar-refractivity contribution in [3.8, 4) is 11.6 Å². The highest BCUT2D eigenvalue weighted by Crippen LogP contribution is 2.26. The van der Waals surface area contributed by atoms with Gasteiger partial charge in [-0.25, -0.2) is 13.4 Å². The van der Waals surface area contributed by atoms with Gasteiger partial charge in [0, 0.05) is 19.0 Å². The van der Waals surface area contributed by atoms with E-state index < -0.39 is 9.84 Å². The van der Waals surface area contributed by atoms with Crippen LogP contribution in [0.2, 0.25) is 0 Å². The van der Waals surface area contributed by atoms with E-state index in [4.69, 9.17) is 10.5 Å². The minimum absolute atomic E-state index is 0.0631. The predicted molar refractivity (Wildman–Crippen MR) is 71.8 cm³/mol. The van der Waals surface area contributed by atoms with Crippen molar-refractivity contribution in [2.45, 2.75) is 11.4 Å². The Hall–Kier alpha value is -1.92. The van der Waals surface area contributed by atoms with Gasteiger partial charge in [-0.2, -0.15) is 0 Å². The van der Waals surface area contributed by atoms with E-state index in [2.05, 4.69) is 4.98 Å². The van der Waals surface area contributed by atoms with E-state index in [1.807, 2.05) is 6.07 Å². The molecule has 0 radical (unpaired) electrons.